The van der Waals surface area contributed by atoms with Crippen molar-refractivity contribution in [3.8, 4) is 0 Å². The normalized spacial score (nSPS) is 9.65. The van der Waals surface area contributed by atoms with Gasteiger partial charge in [0.2, 0.25) is 0 Å². The van der Waals surface area contributed by atoms with E-state index in [-0.39, 0.29) is 6.29 Å². The van der Waals surface area contributed by atoms with Crippen molar-refractivity contribution in [3.63, 3.8) is 0 Å². The van der Waals surface area contributed by atoms with Crippen LogP contribution in [0.2, 0.25) is 0 Å². The molecule has 0 unspecified atom stereocenters. The molecule has 10 nitrogen and oxygen atoms in total. The molecule has 0 saturated heterocycles. The van der Waals surface area contributed by atoms with Crippen LogP contribution in [0, 0.1) is 30.3 Å². The fourth-order valence-electron chi connectivity index (χ4n) is 1.14. The van der Waals surface area contributed by atoms with Gasteiger partial charge in [0.1, 0.15) is 0 Å². The van der Waals surface area contributed by atoms with Gasteiger partial charge in [-0.1, -0.05) is 0 Å². The predicted molar refractivity (Wildman–Crippen MR) is 51.8 cm³/mol. The maximum atomic E-state index is 10.6. The molecule has 1 aromatic rings. The van der Waals surface area contributed by atoms with Crippen molar-refractivity contribution in [3.05, 3.63) is 48.0 Å². The van der Waals surface area contributed by atoms with Crippen LogP contribution in [0.3, 0.4) is 0 Å². The molecule has 10 heteroatoms. The van der Waals surface area contributed by atoms with Crippen LogP contribution < -0.4 is 0 Å². The van der Waals surface area contributed by atoms with Gasteiger partial charge in [-0.2, -0.15) is 0 Å². The minimum absolute atomic E-state index is 0.0833. The van der Waals surface area contributed by atoms with E-state index in [1.54, 1.807) is 0 Å². The number of nitro benzene ring substituents is 3. The summed E-state index contributed by atoms with van der Waals surface area (Å²) in [5, 5.41) is 31.5. The van der Waals surface area contributed by atoms with Crippen molar-refractivity contribution in [2.75, 3.05) is 0 Å². The largest absolute Gasteiger partial charge is 0.297 e. The Hall–Kier alpha value is -2.91. The van der Waals surface area contributed by atoms with E-state index >= 15 is 0 Å². The molecule has 0 heterocycles. The molecule has 0 aliphatic carbocycles. The Morgan fingerprint density at radius 1 is 0.882 bits per heavy atom. The monoisotopic (exact) mass is 241 g/mol. The molecule has 17 heavy (non-hydrogen) atoms. The standard InChI is InChI=1S/C7H3N3O7/c11-3-5-6(9(14)15)1-4(8(12)13)2-7(5)10(16)17/h1-3H. The number of rotatable bonds is 4. The summed E-state index contributed by atoms with van der Waals surface area (Å²) in [5.74, 6) is 0. The van der Waals surface area contributed by atoms with Gasteiger partial charge in [0.25, 0.3) is 17.1 Å². The summed E-state index contributed by atoms with van der Waals surface area (Å²) >= 11 is 0. The van der Waals surface area contributed by atoms with Crippen molar-refractivity contribution in [2.24, 2.45) is 0 Å². The lowest BCUT2D eigenvalue weighted by atomic mass is 10.1. The molecule has 0 aliphatic heterocycles. The third-order valence-electron chi connectivity index (χ3n) is 1.84. The zero-order valence-corrected chi connectivity index (χ0v) is 7.93. The second kappa shape index (κ2) is 4.30. The molecule has 0 aromatic heterocycles. The molecule has 88 valence electrons. The minimum atomic E-state index is -1.09. The van der Waals surface area contributed by atoms with E-state index in [9.17, 15) is 35.1 Å². The van der Waals surface area contributed by atoms with Crippen molar-refractivity contribution < 1.29 is 19.6 Å². The third kappa shape index (κ3) is 2.19. The molecule has 0 fully saturated rings. The van der Waals surface area contributed by atoms with Crippen LogP contribution in [0.15, 0.2) is 12.1 Å². The van der Waals surface area contributed by atoms with E-state index in [0.29, 0.717) is 12.1 Å². The van der Waals surface area contributed by atoms with Gasteiger partial charge in [0, 0.05) is 0 Å². The van der Waals surface area contributed by atoms with Crippen LogP contribution >= 0.6 is 0 Å². The highest BCUT2D eigenvalue weighted by molar-refractivity contribution is 5.88. The van der Waals surface area contributed by atoms with Crippen LogP contribution in [0.1, 0.15) is 10.4 Å². The molecule has 0 amide bonds. The summed E-state index contributed by atoms with van der Waals surface area (Å²) in [5.41, 5.74) is -3.57. The van der Waals surface area contributed by atoms with Crippen LogP contribution in [0.4, 0.5) is 17.1 Å². The number of hydrogen-bond donors (Lipinski definition) is 0. The number of hydrogen-bond acceptors (Lipinski definition) is 7. The average molecular weight is 241 g/mol. The highest BCUT2D eigenvalue weighted by Gasteiger charge is 2.29. The minimum Gasteiger partial charge on any atom is -0.297 e. The molecule has 0 N–H and O–H groups in total. The van der Waals surface area contributed by atoms with E-state index in [4.69, 9.17) is 0 Å². The summed E-state index contributed by atoms with van der Waals surface area (Å²) in [4.78, 5) is 38.8. The van der Waals surface area contributed by atoms with Gasteiger partial charge in [0.15, 0.2) is 11.8 Å². The van der Waals surface area contributed by atoms with E-state index < -0.39 is 37.4 Å². The number of carbonyl (C=O) groups is 1. The van der Waals surface area contributed by atoms with E-state index in [1.165, 1.54) is 0 Å². The van der Waals surface area contributed by atoms with Crippen molar-refractivity contribution in [2.45, 2.75) is 0 Å². The summed E-state index contributed by atoms with van der Waals surface area (Å²) in [6.45, 7) is 0. The fourth-order valence-corrected chi connectivity index (χ4v) is 1.14. The second-order valence-corrected chi connectivity index (χ2v) is 2.79. The first-order chi connectivity index (χ1) is 7.88. The summed E-state index contributed by atoms with van der Waals surface area (Å²) in [6.07, 6.45) is -0.0833. The molecule has 0 bridgehead atoms. The lowest BCUT2D eigenvalue weighted by molar-refractivity contribution is -0.403. The second-order valence-electron chi connectivity index (χ2n) is 2.79. The van der Waals surface area contributed by atoms with Crippen molar-refractivity contribution in [1.82, 2.24) is 0 Å². The van der Waals surface area contributed by atoms with Gasteiger partial charge in [0.05, 0.1) is 26.9 Å². The Bertz CT molecular complexity index is 503. The molecule has 1 aromatic carbocycles. The molecular weight excluding hydrogens is 238 g/mol. The van der Waals surface area contributed by atoms with E-state index in [2.05, 4.69) is 0 Å². The van der Waals surface area contributed by atoms with Gasteiger partial charge in [-0.05, 0) is 0 Å². The van der Waals surface area contributed by atoms with Gasteiger partial charge >= 0.3 is 0 Å². The Kier molecular flexibility index (Phi) is 3.08. The quantitative estimate of drug-likeness (QED) is 0.437. The first kappa shape index (κ1) is 12.2. The van der Waals surface area contributed by atoms with Gasteiger partial charge in [-0.15, -0.1) is 0 Å². The number of aldehydes is 1. The maximum absolute atomic E-state index is 10.6. The van der Waals surface area contributed by atoms with Crippen LogP contribution in [0.25, 0.3) is 0 Å². The van der Waals surface area contributed by atoms with Crippen molar-refractivity contribution >= 4 is 23.3 Å². The lowest BCUT2D eigenvalue weighted by Crippen LogP contribution is -2.02. The average Bonchev–Trinajstić information content (AvgIpc) is 2.26. The molecule has 0 saturated carbocycles. The highest BCUT2D eigenvalue weighted by Crippen LogP contribution is 2.32. The number of non-ortho nitro benzene ring substituents is 1. The zero-order chi connectivity index (χ0) is 13.2. The summed E-state index contributed by atoms with van der Waals surface area (Å²) in [6, 6.07) is 0.994. The van der Waals surface area contributed by atoms with E-state index in [1.807, 2.05) is 0 Å². The molecular formula is C7H3N3O7. The molecule has 0 aliphatic rings. The Balaban J connectivity index is 3.68. The summed E-state index contributed by atoms with van der Waals surface area (Å²) in [7, 11) is 0. The van der Waals surface area contributed by atoms with Crippen molar-refractivity contribution in [1.29, 1.82) is 0 Å². The first-order valence-corrected chi connectivity index (χ1v) is 3.95. The Morgan fingerprint density at radius 2 is 1.29 bits per heavy atom. The van der Waals surface area contributed by atoms with Gasteiger partial charge in [-0.25, -0.2) is 0 Å². The maximum Gasteiger partial charge on any atom is 0.293 e. The molecule has 0 radical (unpaired) electrons. The lowest BCUT2D eigenvalue weighted by Gasteiger charge is -1.98. The molecule has 1 rings (SSSR count). The van der Waals surface area contributed by atoms with E-state index in [0.717, 1.165) is 0 Å². The number of benzene rings is 1. The number of nitrogens with zero attached hydrogens (tertiary/aromatic N) is 3. The van der Waals surface area contributed by atoms with Crippen LogP contribution in [-0.4, -0.2) is 21.1 Å². The SMILES string of the molecule is O=Cc1c([N+](=O)[O-])cc([N+](=O)[O-])cc1[N+](=O)[O-]. The smallest absolute Gasteiger partial charge is 0.293 e. The first-order valence-electron chi connectivity index (χ1n) is 3.95. The zero-order valence-electron chi connectivity index (χ0n) is 7.93. The third-order valence-corrected chi connectivity index (χ3v) is 1.84. The highest BCUT2D eigenvalue weighted by atomic mass is 16.6. The Morgan fingerprint density at radius 3 is 1.53 bits per heavy atom. The van der Waals surface area contributed by atoms with Crippen LogP contribution in [-0.2, 0) is 0 Å². The fraction of sp³-hybridized carbons (Fsp3) is 0. The Labute approximate surface area is 91.9 Å². The number of carbonyl (C=O) groups excluding carboxylic acids is 1. The number of nitro groups is 3. The molecule has 0 atom stereocenters. The molecule has 0 spiro atoms. The summed E-state index contributed by atoms with van der Waals surface area (Å²) < 4.78 is 0. The van der Waals surface area contributed by atoms with Gasteiger partial charge in [-0.3, -0.25) is 35.1 Å². The topological polar surface area (TPSA) is 146 Å². The van der Waals surface area contributed by atoms with Gasteiger partial charge < -0.3 is 0 Å². The van der Waals surface area contributed by atoms with Crippen LogP contribution in [0.5, 0.6) is 0 Å². The predicted octanol–water partition coefficient (Wildman–Crippen LogP) is 1.22.